The lowest BCUT2D eigenvalue weighted by Gasteiger charge is -2.30. The number of hydrogen-bond acceptors (Lipinski definition) is 21. The number of nitrogens with two attached hydrogens (primary N) is 3. The number of carboxylic acid groups (broad SMARTS) is 3. The van der Waals surface area contributed by atoms with Gasteiger partial charge in [-0.15, -0.1) is 0 Å². The smallest absolute Gasteiger partial charge is 0.328 e. The van der Waals surface area contributed by atoms with E-state index in [4.69, 9.17) is 17.2 Å². The maximum absolute atomic E-state index is 15.0. The number of amides is 12. The number of aliphatic carboxylic acids is 3. The van der Waals surface area contributed by atoms with Crippen molar-refractivity contribution < 1.29 is 102 Å². The zero-order valence-corrected chi connectivity index (χ0v) is 63.9. The van der Waals surface area contributed by atoms with Gasteiger partial charge >= 0.3 is 17.9 Å². The average molecular weight is 1580 g/mol. The number of carboxylic acids is 3. The summed E-state index contributed by atoms with van der Waals surface area (Å²) in [6, 6.07) is -12.9. The average Bonchev–Trinajstić information content (AvgIpc) is 1.65. The number of aromatic nitrogens is 3. The lowest BCUT2D eigenvalue weighted by atomic mass is 9.95. The third kappa shape index (κ3) is 31.9. The normalized spacial score (nSPS) is 19.0. The van der Waals surface area contributed by atoms with Gasteiger partial charge in [0.25, 0.3) is 0 Å². The summed E-state index contributed by atoms with van der Waals surface area (Å²) in [5.74, 6) is -20.9. The number of H-pyrrole nitrogens is 2. The molecular formula is C72H109N19O21. The quantitative estimate of drug-likeness (QED) is 0.0113. The van der Waals surface area contributed by atoms with Crippen LogP contribution in [0.3, 0.4) is 0 Å². The van der Waals surface area contributed by atoms with E-state index in [9.17, 15) is 92.3 Å². The second kappa shape index (κ2) is 46.9. The Morgan fingerprint density at radius 1 is 0.625 bits per heavy atom. The molecule has 4 rings (SSSR count). The van der Waals surface area contributed by atoms with E-state index in [1.807, 2.05) is 5.32 Å². The van der Waals surface area contributed by atoms with Crippen LogP contribution in [0, 0.1) is 17.8 Å². The number of imidazole rings is 1. The standard InChI is InChI=1S/C72H109N19O21/c1-8-38(6)59(91-69(109)52(30-41-33-76-35-79-41)87-60(100)44(17-11-12-25-73)81-63(103)47(80-39(7)93)22-24-57(96)97)70(110)89-50(28-37(4)5)65(105)84-48-21-23-56(95)55(94)20-13-18-45(61(101)88-53(31-58(98)99)68(108)90-54(34-92)71(111)112)83-67(107)51(29-40-32-78-43-16-10-9-15-42(40)43)86-66(106)49(27-36(2)3)85-62(102)46(82-64(48)104)19-14-26-77-72(74)75/h9-10,15-16,32-33,35-38,44-54,59,78,92H,8,11-14,17-31,34,73H2,1-7H3,(H,76,79)(H,80,93)(H,81,103)(H,82,104)(H,83,107)(H,84,105)(H,85,102)(H,86,106)(H,87,100)(H,88,101)(H,89,110)(H,90,108)(H,91,109)(H,96,97)(H,98,99)(H,111,112)(H4,74,75,77)/t38-,44-,45?,46?,47-,48?,49-,50-,51-,52-,53-,54-,59-/m0/s1. The van der Waals surface area contributed by atoms with Crippen molar-refractivity contribution in [2.75, 3.05) is 19.7 Å². The first kappa shape index (κ1) is 92.9. The van der Waals surface area contributed by atoms with E-state index in [1.54, 1.807) is 72.0 Å². The Balaban J connectivity index is 1.81. The first-order valence-electron chi connectivity index (χ1n) is 37.2. The summed E-state index contributed by atoms with van der Waals surface area (Å²) < 4.78 is 0. The second-order valence-corrected chi connectivity index (χ2v) is 28.4. The van der Waals surface area contributed by atoms with Crippen molar-refractivity contribution in [2.24, 2.45) is 39.9 Å². The van der Waals surface area contributed by atoms with Crippen molar-refractivity contribution in [2.45, 2.75) is 237 Å². The fourth-order valence-electron chi connectivity index (χ4n) is 12.1. The summed E-state index contributed by atoms with van der Waals surface area (Å²) in [6.07, 6.45) is -1.19. The molecule has 12 amide bonds. The molecule has 40 nitrogen and oxygen atoms in total. The molecule has 1 aliphatic rings. The second-order valence-electron chi connectivity index (χ2n) is 28.4. The van der Waals surface area contributed by atoms with Gasteiger partial charge in [0.2, 0.25) is 70.9 Å². The molecule has 1 saturated heterocycles. The Kier molecular flexibility index (Phi) is 38.9. The number of aliphatic imine (C=N–C) groups is 1. The minimum Gasteiger partial charge on any atom is -0.481 e. The van der Waals surface area contributed by atoms with Crippen LogP contribution in [0.15, 0.2) is 48.0 Å². The van der Waals surface area contributed by atoms with Crippen molar-refractivity contribution >= 4 is 117 Å². The van der Waals surface area contributed by atoms with E-state index in [1.165, 1.54) is 12.5 Å². The molecule has 0 radical (unpaired) electrons. The number of para-hydroxylation sites is 1. The lowest BCUT2D eigenvalue weighted by molar-refractivity contribution is -0.144. The number of aromatic amines is 2. The van der Waals surface area contributed by atoms with Crippen molar-refractivity contribution in [1.82, 2.24) is 78.8 Å². The van der Waals surface area contributed by atoms with Gasteiger partial charge in [0.05, 0.1) is 19.4 Å². The number of nitrogens with one attached hydrogen (secondary N) is 14. The molecule has 13 atom stereocenters. The zero-order valence-electron chi connectivity index (χ0n) is 63.9. The molecule has 0 bridgehead atoms. The van der Waals surface area contributed by atoms with Crippen LogP contribution in [0.2, 0.25) is 0 Å². The predicted molar refractivity (Wildman–Crippen MR) is 401 cm³/mol. The van der Waals surface area contributed by atoms with Crippen LogP contribution in [0.1, 0.15) is 162 Å². The van der Waals surface area contributed by atoms with E-state index < -0.39 is 236 Å². The van der Waals surface area contributed by atoms with Gasteiger partial charge in [-0.1, -0.05) is 66.2 Å². The molecule has 40 heteroatoms. The van der Waals surface area contributed by atoms with Gasteiger partial charge < -0.3 is 111 Å². The Morgan fingerprint density at radius 2 is 1.23 bits per heavy atom. The SMILES string of the molecule is CC[C@H](C)[C@H](NC(=O)[C@H](Cc1cnc[nH]1)NC(=O)[C@H](CCCCN)NC(=O)[C@H](CCC(=O)O)NC(C)=O)C(=O)N[C@@H](CC(C)C)C(=O)NC1CCC(=O)C(=O)CCCC(C(=O)N[C@@H](CC(=O)O)C(=O)N[C@@H](CO)C(=O)O)NC(=O)[C@H](Cc2c[nH]c3ccccc23)NC(=O)[C@H](CC(C)C)NC(=O)C(CCCN=C(N)N)NC1=O. The van der Waals surface area contributed by atoms with Gasteiger partial charge in [0.1, 0.15) is 72.5 Å². The number of carbonyl (C=O) groups is 17. The molecule has 3 aromatic rings. The number of carbonyl (C=O) groups excluding carboxylic acids is 14. The molecular weight excluding hydrogens is 1470 g/mol. The molecule has 3 heterocycles. The van der Waals surface area contributed by atoms with Crippen LogP contribution in [0.4, 0.5) is 0 Å². The Hall–Kier alpha value is -11.5. The number of hydrogen-bond donors (Lipinski definition) is 21. The molecule has 3 unspecified atom stereocenters. The van der Waals surface area contributed by atoms with Crippen molar-refractivity contribution in [3.8, 4) is 0 Å². The summed E-state index contributed by atoms with van der Waals surface area (Å²) in [4.78, 5) is 250. The monoisotopic (exact) mass is 1580 g/mol. The minimum atomic E-state index is -2.06. The number of guanidine groups is 1. The van der Waals surface area contributed by atoms with Crippen LogP contribution in [0.25, 0.3) is 10.9 Å². The molecule has 1 aromatic carbocycles. The minimum absolute atomic E-state index is 0.0180. The van der Waals surface area contributed by atoms with Crippen LogP contribution in [0.5, 0.6) is 0 Å². The van der Waals surface area contributed by atoms with Gasteiger partial charge in [-0.05, 0) is 107 Å². The van der Waals surface area contributed by atoms with E-state index in [2.05, 4.69) is 78.4 Å². The maximum atomic E-state index is 15.0. The zero-order chi connectivity index (χ0) is 83.5. The van der Waals surface area contributed by atoms with Crippen molar-refractivity contribution in [1.29, 1.82) is 0 Å². The van der Waals surface area contributed by atoms with E-state index >= 15 is 9.59 Å². The third-order valence-corrected chi connectivity index (χ3v) is 18.3. The Morgan fingerprint density at radius 3 is 1.84 bits per heavy atom. The molecule has 0 saturated carbocycles. The molecule has 1 fully saturated rings. The lowest BCUT2D eigenvalue weighted by Crippen LogP contribution is -2.62. The summed E-state index contributed by atoms with van der Waals surface area (Å²) in [5.41, 5.74) is 18.4. The highest BCUT2D eigenvalue weighted by Crippen LogP contribution is 2.21. The van der Waals surface area contributed by atoms with Crippen molar-refractivity contribution in [3.63, 3.8) is 0 Å². The number of Topliss-reactive ketones (excluding diaryl/α,β-unsaturated/α-hetero) is 2. The van der Waals surface area contributed by atoms with E-state index in [-0.39, 0.29) is 89.2 Å². The predicted octanol–water partition coefficient (Wildman–Crippen LogP) is -3.65. The number of rotatable bonds is 40. The number of ketones is 2. The van der Waals surface area contributed by atoms with Gasteiger partial charge in [-0.25, -0.2) is 9.78 Å². The topological polar surface area (TPSA) is 650 Å². The van der Waals surface area contributed by atoms with Gasteiger partial charge in [0.15, 0.2) is 17.5 Å². The number of nitrogens with zero attached hydrogens (tertiary/aromatic N) is 2. The summed E-state index contributed by atoms with van der Waals surface area (Å²) in [5, 5.41) is 69.1. The molecule has 24 N–H and O–H groups in total. The first-order chi connectivity index (χ1) is 52.9. The molecule has 0 aliphatic carbocycles. The van der Waals surface area contributed by atoms with Crippen LogP contribution in [-0.2, 0) is 94.3 Å². The Bertz CT molecular complexity index is 3800. The number of unbranched alkanes of at least 4 members (excludes halogenated alkanes) is 1. The number of fused-ring (bicyclic) bond motifs is 1. The summed E-state index contributed by atoms with van der Waals surface area (Å²) >= 11 is 0. The molecule has 1 aliphatic heterocycles. The fourth-order valence-corrected chi connectivity index (χ4v) is 12.1. The van der Waals surface area contributed by atoms with E-state index in [0.29, 0.717) is 28.6 Å². The molecule has 2 aromatic heterocycles. The molecule has 0 spiro atoms. The Labute approximate surface area is 645 Å². The van der Waals surface area contributed by atoms with Gasteiger partial charge in [-0.2, -0.15) is 0 Å². The number of aliphatic hydroxyl groups excluding tert-OH is 1. The fraction of sp³-hybridized carbons (Fsp3) is 0.597. The third-order valence-electron chi connectivity index (χ3n) is 18.3. The van der Waals surface area contributed by atoms with Gasteiger partial charge in [-0.3, -0.25) is 81.7 Å². The first-order valence-corrected chi connectivity index (χ1v) is 37.2. The maximum Gasteiger partial charge on any atom is 0.328 e. The largest absolute Gasteiger partial charge is 0.481 e. The van der Waals surface area contributed by atoms with Crippen molar-refractivity contribution in [3.05, 3.63) is 54.2 Å². The van der Waals surface area contributed by atoms with Crippen LogP contribution in [-0.4, -0.2) is 234 Å². The van der Waals surface area contributed by atoms with Crippen LogP contribution < -0.4 is 81.0 Å². The highest BCUT2D eigenvalue weighted by atomic mass is 16.4. The van der Waals surface area contributed by atoms with Gasteiger partial charge in [0, 0.05) is 74.6 Å². The summed E-state index contributed by atoms with van der Waals surface area (Å²) in [7, 11) is 0. The van der Waals surface area contributed by atoms with Crippen LogP contribution >= 0.6 is 0 Å². The highest BCUT2D eigenvalue weighted by Gasteiger charge is 2.40. The number of aliphatic hydroxyl groups is 1. The number of benzene rings is 1. The summed E-state index contributed by atoms with van der Waals surface area (Å²) in [6.45, 7) is 10.2. The van der Waals surface area contributed by atoms with E-state index in [0.717, 1.165) is 6.92 Å². The molecule has 112 heavy (non-hydrogen) atoms. The molecule has 618 valence electrons. The highest BCUT2D eigenvalue weighted by molar-refractivity contribution is 6.37.